The minimum absolute atomic E-state index is 0.213. The summed E-state index contributed by atoms with van der Waals surface area (Å²) in [6, 6.07) is 9.48. The van der Waals surface area contributed by atoms with Crippen molar-refractivity contribution in [2.45, 2.75) is 33.1 Å². The van der Waals surface area contributed by atoms with Crippen molar-refractivity contribution in [1.82, 2.24) is 0 Å². The van der Waals surface area contributed by atoms with Gasteiger partial charge in [-0.3, -0.25) is 10.1 Å². The van der Waals surface area contributed by atoms with Crippen molar-refractivity contribution in [3.63, 3.8) is 0 Å². The van der Waals surface area contributed by atoms with Gasteiger partial charge in [-0.15, -0.1) is 0 Å². The Kier molecular flexibility index (Phi) is 2.59. The van der Waals surface area contributed by atoms with E-state index in [9.17, 15) is 10.1 Å². The highest BCUT2D eigenvalue weighted by atomic mass is 16.6. The Morgan fingerprint density at radius 1 is 1.21 bits per heavy atom. The van der Waals surface area contributed by atoms with E-state index in [-0.39, 0.29) is 10.6 Å². The monoisotopic (exact) mass is 255 g/mol. The number of non-ortho nitro benzene ring substituents is 1. The lowest BCUT2D eigenvalue weighted by Crippen LogP contribution is -2.22. The first-order valence-corrected chi connectivity index (χ1v) is 6.65. The zero-order chi connectivity index (χ0) is 13.6. The zero-order valence-corrected chi connectivity index (χ0v) is 11.3. The topological polar surface area (TPSA) is 43.1 Å². The summed E-state index contributed by atoms with van der Waals surface area (Å²) in [4.78, 5) is 10.8. The maximum atomic E-state index is 11.1. The van der Waals surface area contributed by atoms with Gasteiger partial charge in [0.1, 0.15) is 0 Å². The number of benzene rings is 2. The third kappa shape index (κ3) is 2.09. The Morgan fingerprint density at radius 3 is 2.74 bits per heavy atom. The maximum Gasteiger partial charge on any atom is 0.277 e. The van der Waals surface area contributed by atoms with Gasteiger partial charge in [0.25, 0.3) is 5.69 Å². The fourth-order valence-corrected chi connectivity index (χ4v) is 3.03. The standard InChI is InChI=1S/C16H17NO2/c1-16(2)7-6-11-9-14-12(8-13(11)10-16)4-3-5-15(14)17(18)19/h3-5,8-9H,6-7,10H2,1-2H3. The maximum absolute atomic E-state index is 11.1. The fourth-order valence-electron chi connectivity index (χ4n) is 3.03. The predicted octanol–water partition coefficient (Wildman–Crippen LogP) is 4.26. The van der Waals surface area contributed by atoms with Crippen LogP contribution in [-0.2, 0) is 12.8 Å². The van der Waals surface area contributed by atoms with E-state index in [0.717, 1.165) is 30.0 Å². The van der Waals surface area contributed by atoms with Gasteiger partial charge in [0, 0.05) is 6.07 Å². The molecule has 1 aliphatic rings. The molecule has 0 aliphatic heterocycles. The average Bonchev–Trinajstić information content (AvgIpc) is 2.34. The van der Waals surface area contributed by atoms with Gasteiger partial charge in [0.05, 0.1) is 10.3 Å². The lowest BCUT2D eigenvalue weighted by atomic mass is 9.74. The summed E-state index contributed by atoms with van der Waals surface area (Å²) < 4.78 is 0. The Hall–Kier alpha value is -1.90. The lowest BCUT2D eigenvalue weighted by Gasteiger charge is -2.31. The number of hydrogen-bond donors (Lipinski definition) is 0. The molecule has 0 N–H and O–H groups in total. The summed E-state index contributed by atoms with van der Waals surface area (Å²) >= 11 is 0. The summed E-state index contributed by atoms with van der Waals surface area (Å²) in [7, 11) is 0. The van der Waals surface area contributed by atoms with E-state index in [4.69, 9.17) is 0 Å². The van der Waals surface area contributed by atoms with Crippen molar-refractivity contribution < 1.29 is 4.92 Å². The van der Waals surface area contributed by atoms with Crippen LogP contribution in [0.3, 0.4) is 0 Å². The Bertz CT molecular complexity index is 674. The molecule has 2 aromatic rings. The van der Waals surface area contributed by atoms with Gasteiger partial charge in [-0.2, -0.15) is 0 Å². The van der Waals surface area contributed by atoms with Crippen molar-refractivity contribution in [2.75, 3.05) is 0 Å². The molecule has 0 aromatic heterocycles. The van der Waals surface area contributed by atoms with Crippen LogP contribution in [0.1, 0.15) is 31.4 Å². The smallest absolute Gasteiger partial charge is 0.258 e. The van der Waals surface area contributed by atoms with E-state index in [1.54, 1.807) is 12.1 Å². The first kappa shape index (κ1) is 12.2. The van der Waals surface area contributed by atoms with Gasteiger partial charge in [-0.1, -0.05) is 32.0 Å². The fraction of sp³-hybridized carbons (Fsp3) is 0.375. The minimum Gasteiger partial charge on any atom is -0.258 e. The molecular formula is C16H17NO2. The summed E-state index contributed by atoms with van der Waals surface area (Å²) in [5, 5.41) is 12.8. The summed E-state index contributed by atoms with van der Waals surface area (Å²) in [5.74, 6) is 0. The van der Waals surface area contributed by atoms with E-state index < -0.39 is 0 Å². The molecule has 0 heterocycles. The van der Waals surface area contributed by atoms with Crippen molar-refractivity contribution in [1.29, 1.82) is 0 Å². The molecule has 1 aliphatic carbocycles. The normalized spacial score (nSPS) is 17.2. The van der Waals surface area contributed by atoms with E-state index in [1.165, 1.54) is 11.1 Å². The van der Waals surface area contributed by atoms with Gasteiger partial charge in [0.15, 0.2) is 0 Å². The van der Waals surface area contributed by atoms with Gasteiger partial charge in [-0.05, 0) is 47.3 Å². The number of nitro groups is 1. The second-order valence-electron chi connectivity index (χ2n) is 6.22. The predicted molar refractivity (Wildman–Crippen MR) is 76.4 cm³/mol. The molecule has 3 rings (SSSR count). The molecular weight excluding hydrogens is 238 g/mol. The number of hydrogen-bond acceptors (Lipinski definition) is 2. The third-order valence-electron chi connectivity index (χ3n) is 4.11. The molecule has 3 heteroatoms. The molecule has 3 nitrogen and oxygen atoms in total. The van der Waals surface area contributed by atoms with Crippen LogP contribution in [0, 0.1) is 15.5 Å². The molecule has 0 atom stereocenters. The number of fused-ring (bicyclic) bond motifs is 2. The summed E-state index contributed by atoms with van der Waals surface area (Å²) in [6.07, 6.45) is 3.22. The van der Waals surface area contributed by atoms with Crippen LogP contribution < -0.4 is 0 Å². The quantitative estimate of drug-likeness (QED) is 0.564. The van der Waals surface area contributed by atoms with Crippen LogP contribution in [-0.4, -0.2) is 4.92 Å². The second-order valence-corrected chi connectivity index (χ2v) is 6.22. The van der Waals surface area contributed by atoms with Gasteiger partial charge in [0.2, 0.25) is 0 Å². The number of aryl methyl sites for hydroxylation is 1. The number of rotatable bonds is 1. The molecule has 0 amide bonds. The minimum atomic E-state index is -0.290. The Labute approximate surface area is 112 Å². The van der Waals surface area contributed by atoms with Gasteiger partial charge < -0.3 is 0 Å². The second kappa shape index (κ2) is 4.05. The van der Waals surface area contributed by atoms with E-state index >= 15 is 0 Å². The lowest BCUT2D eigenvalue weighted by molar-refractivity contribution is -0.383. The van der Waals surface area contributed by atoms with Crippen LogP contribution in [0.5, 0.6) is 0 Å². The van der Waals surface area contributed by atoms with Crippen LogP contribution >= 0.6 is 0 Å². The Morgan fingerprint density at radius 2 is 2.00 bits per heavy atom. The SMILES string of the molecule is CC1(C)CCc2cc3c([N+](=O)[O-])cccc3cc2C1. The molecule has 0 saturated heterocycles. The highest BCUT2D eigenvalue weighted by molar-refractivity contribution is 5.92. The van der Waals surface area contributed by atoms with Crippen molar-refractivity contribution >= 4 is 16.5 Å². The highest BCUT2D eigenvalue weighted by Gasteiger charge is 2.26. The van der Waals surface area contributed by atoms with Crippen LogP contribution in [0.25, 0.3) is 10.8 Å². The zero-order valence-electron chi connectivity index (χ0n) is 11.3. The van der Waals surface area contributed by atoms with E-state index in [0.29, 0.717) is 5.41 Å². The van der Waals surface area contributed by atoms with E-state index in [1.807, 2.05) is 12.1 Å². The van der Waals surface area contributed by atoms with E-state index in [2.05, 4.69) is 19.9 Å². The molecule has 0 spiro atoms. The van der Waals surface area contributed by atoms with Crippen molar-refractivity contribution in [2.24, 2.45) is 5.41 Å². The number of nitro benzene ring substituents is 1. The van der Waals surface area contributed by atoms with Crippen LogP contribution in [0.4, 0.5) is 5.69 Å². The highest BCUT2D eigenvalue weighted by Crippen LogP contribution is 2.38. The Balaban J connectivity index is 2.22. The van der Waals surface area contributed by atoms with Gasteiger partial charge in [-0.25, -0.2) is 0 Å². The molecule has 0 fully saturated rings. The molecule has 0 saturated carbocycles. The van der Waals surface area contributed by atoms with Crippen molar-refractivity contribution in [3.05, 3.63) is 51.6 Å². The van der Waals surface area contributed by atoms with Crippen molar-refractivity contribution in [3.8, 4) is 0 Å². The molecule has 0 radical (unpaired) electrons. The largest absolute Gasteiger partial charge is 0.277 e. The summed E-state index contributed by atoms with van der Waals surface area (Å²) in [6.45, 7) is 4.57. The van der Waals surface area contributed by atoms with Gasteiger partial charge >= 0.3 is 0 Å². The molecule has 0 unspecified atom stereocenters. The average molecular weight is 255 g/mol. The number of nitrogens with zero attached hydrogens (tertiary/aromatic N) is 1. The third-order valence-corrected chi connectivity index (χ3v) is 4.11. The van der Waals surface area contributed by atoms with Crippen LogP contribution in [0.2, 0.25) is 0 Å². The first-order valence-electron chi connectivity index (χ1n) is 6.65. The van der Waals surface area contributed by atoms with Crippen LogP contribution in [0.15, 0.2) is 30.3 Å². The molecule has 0 bridgehead atoms. The first-order chi connectivity index (χ1) is 8.96. The summed E-state index contributed by atoms with van der Waals surface area (Å²) in [5.41, 5.74) is 3.18. The molecule has 19 heavy (non-hydrogen) atoms. The molecule has 2 aromatic carbocycles. The molecule has 98 valence electrons.